The number of amides is 1. The van der Waals surface area contributed by atoms with Gasteiger partial charge in [-0.2, -0.15) is 0 Å². The number of likely N-dealkylation sites (tertiary alicyclic amines) is 1. The van der Waals surface area contributed by atoms with Crippen LogP contribution in [-0.2, 0) is 9.59 Å². The second-order valence-electron chi connectivity index (χ2n) is 4.79. The zero-order valence-electron chi connectivity index (χ0n) is 10.9. The Labute approximate surface area is 121 Å². The largest absolute Gasteiger partial charge is 0.481 e. The van der Waals surface area contributed by atoms with Crippen molar-refractivity contribution in [1.29, 1.82) is 0 Å². The van der Waals surface area contributed by atoms with Crippen LogP contribution in [0.15, 0.2) is 29.2 Å². The average Bonchev–Trinajstić information content (AvgIpc) is 2.35. The topological polar surface area (TPSA) is 57.6 Å². The number of halogens is 1. The Morgan fingerprint density at radius 3 is 2.70 bits per heavy atom. The van der Waals surface area contributed by atoms with Crippen molar-refractivity contribution in [1.82, 2.24) is 4.90 Å². The molecule has 0 bridgehead atoms. The molecule has 1 amide bonds. The highest BCUT2D eigenvalue weighted by molar-refractivity contribution is 7.99. The van der Waals surface area contributed by atoms with E-state index in [4.69, 9.17) is 5.11 Å². The zero-order chi connectivity index (χ0) is 14.5. The molecule has 1 aromatic carbocycles. The summed E-state index contributed by atoms with van der Waals surface area (Å²) in [6.07, 6.45) is 0.465. The van der Waals surface area contributed by atoms with Gasteiger partial charge in [0.15, 0.2) is 0 Å². The van der Waals surface area contributed by atoms with Crippen LogP contribution in [0.5, 0.6) is 0 Å². The number of nitrogens with zero attached hydrogens (tertiary/aromatic N) is 1. The number of carbonyl (C=O) groups excluding carboxylic acids is 1. The van der Waals surface area contributed by atoms with Crippen LogP contribution >= 0.6 is 11.8 Å². The van der Waals surface area contributed by atoms with Crippen molar-refractivity contribution in [2.24, 2.45) is 5.92 Å². The van der Waals surface area contributed by atoms with E-state index in [1.165, 1.54) is 17.8 Å². The van der Waals surface area contributed by atoms with Crippen LogP contribution in [0.4, 0.5) is 4.39 Å². The molecule has 108 valence electrons. The Bertz CT molecular complexity index is 503. The summed E-state index contributed by atoms with van der Waals surface area (Å²) in [6.45, 7) is 1.05. The van der Waals surface area contributed by atoms with E-state index in [-0.39, 0.29) is 24.1 Å². The van der Waals surface area contributed by atoms with Crippen LogP contribution in [0, 0.1) is 11.7 Å². The van der Waals surface area contributed by atoms with E-state index in [0.29, 0.717) is 30.2 Å². The molecule has 1 aliphatic heterocycles. The number of hydrogen-bond acceptors (Lipinski definition) is 3. The summed E-state index contributed by atoms with van der Waals surface area (Å²) in [6, 6.07) is 6.49. The summed E-state index contributed by atoms with van der Waals surface area (Å²) in [7, 11) is 0. The van der Waals surface area contributed by atoms with E-state index >= 15 is 0 Å². The number of carboxylic acid groups (broad SMARTS) is 1. The van der Waals surface area contributed by atoms with Gasteiger partial charge in [-0.05, 0) is 12.1 Å². The van der Waals surface area contributed by atoms with Gasteiger partial charge in [-0.3, -0.25) is 9.59 Å². The smallest absolute Gasteiger partial charge is 0.303 e. The minimum absolute atomic E-state index is 0.00970. The third-order valence-corrected chi connectivity index (χ3v) is 4.23. The van der Waals surface area contributed by atoms with Crippen LogP contribution in [-0.4, -0.2) is 40.7 Å². The number of carboxylic acids is 1. The van der Waals surface area contributed by atoms with Crippen molar-refractivity contribution in [3.8, 4) is 0 Å². The minimum Gasteiger partial charge on any atom is -0.481 e. The molecule has 1 heterocycles. The molecule has 0 spiro atoms. The van der Waals surface area contributed by atoms with E-state index in [0.717, 1.165) is 0 Å². The van der Waals surface area contributed by atoms with Crippen molar-refractivity contribution < 1.29 is 19.1 Å². The van der Waals surface area contributed by atoms with Crippen LogP contribution in [0.1, 0.15) is 12.8 Å². The van der Waals surface area contributed by atoms with Gasteiger partial charge in [0.1, 0.15) is 5.82 Å². The first-order chi connectivity index (χ1) is 9.56. The maximum Gasteiger partial charge on any atom is 0.303 e. The normalized spacial score (nSPS) is 14.9. The number of aliphatic carboxylic acids is 1. The predicted octanol–water partition coefficient (Wildman–Crippen LogP) is 2.24. The molecule has 0 unspecified atom stereocenters. The molecule has 0 atom stereocenters. The average molecular weight is 297 g/mol. The second kappa shape index (κ2) is 6.74. The van der Waals surface area contributed by atoms with Crippen molar-refractivity contribution in [3.63, 3.8) is 0 Å². The van der Waals surface area contributed by atoms with Crippen LogP contribution in [0.2, 0.25) is 0 Å². The summed E-state index contributed by atoms with van der Waals surface area (Å²) < 4.78 is 13.4. The first-order valence-corrected chi connectivity index (χ1v) is 7.41. The van der Waals surface area contributed by atoms with Gasteiger partial charge in [-0.15, -0.1) is 11.8 Å². The highest BCUT2D eigenvalue weighted by atomic mass is 32.2. The maximum absolute atomic E-state index is 13.4. The van der Waals surface area contributed by atoms with Crippen molar-refractivity contribution >= 4 is 23.6 Å². The number of hydrogen-bond donors (Lipinski definition) is 1. The van der Waals surface area contributed by atoms with Crippen LogP contribution in [0.25, 0.3) is 0 Å². The Morgan fingerprint density at radius 2 is 2.05 bits per heavy atom. The van der Waals surface area contributed by atoms with Gasteiger partial charge in [-0.1, -0.05) is 12.1 Å². The van der Waals surface area contributed by atoms with Crippen molar-refractivity contribution in [2.45, 2.75) is 17.7 Å². The quantitative estimate of drug-likeness (QED) is 0.818. The summed E-state index contributed by atoms with van der Waals surface area (Å²) >= 11 is 1.32. The number of benzene rings is 1. The highest BCUT2D eigenvalue weighted by Gasteiger charge is 2.31. The molecule has 1 fully saturated rings. The lowest BCUT2D eigenvalue weighted by Crippen LogP contribution is -2.50. The number of rotatable bonds is 6. The summed E-state index contributed by atoms with van der Waals surface area (Å²) in [5.41, 5.74) is 0. The van der Waals surface area contributed by atoms with Gasteiger partial charge in [0.25, 0.3) is 0 Å². The van der Waals surface area contributed by atoms with E-state index in [1.54, 1.807) is 23.1 Å². The monoisotopic (exact) mass is 297 g/mol. The molecular formula is C14H16FNO3S. The van der Waals surface area contributed by atoms with E-state index in [1.807, 2.05) is 0 Å². The molecular weight excluding hydrogens is 281 g/mol. The zero-order valence-corrected chi connectivity index (χ0v) is 11.7. The van der Waals surface area contributed by atoms with E-state index in [9.17, 15) is 14.0 Å². The standard InChI is InChI=1S/C14H16FNO3S/c15-11-3-1-2-4-12(11)20-6-5-13(17)16-8-10(9-16)7-14(18)19/h1-4,10H,5-9H2,(H,18,19). The molecule has 1 aromatic rings. The Morgan fingerprint density at radius 1 is 1.35 bits per heavy atom. The predicted molar refractivity (Wildman–Crippen MR) is 74.1 cm³/mol. The molecule has 1 saturated heterocycles. The first-order valence-electron chi connectivity index (χ1n) is 6.43. The fourth-order valence-corrected chi connectivity index (χ4v) is 3.00. The molecule has 1 N–H and O–H groups in total. The Balaban J connectivity index is 1.67. The molecule has 6 heteroatoms. The lowest BCUT2D eigenvalue weighted by atomic mass is 9.96. The number of carbonyl (C=O) groups is 2. The molecule has 20 heavy (non-hydrogen) atoms. The van der Waals surface area contributed by atoms with Crippen molar-refractivity contribution in [2.75, 3.05) is 18.8 Å². The first kappa shape index (κ1) is 14.8. The summed E-state index contributed by atoms with van der Waals surface area (Å²) in [5, 5.41) is 8.62. The summed E-state index contributed by atoms with van der Waals surface area (Å²) in [5.74, 6) is -0.473. The van der Waals surface area contributed by atoms with E-state index in [2.05, 4.69) is 0 Å². The number of thioether (sulfide) groups is 1. The SMILES string of the molecule is O=C(O)CC1CN(C(=O)CCSc2ccccc2F)C1. The fourth-order valence-electron chi connectivity index (χ4n) is 2.12. The molecule has 2 rings (SSSR count). The minimum atomic E-state index is -0.822. The Hall–Kier alpha value is -1.56. The molecule has 0 aliphatic carbocycles. The lowest BCUT2D eigenvalue weighted by molar-refractivity contribution is -0.144. The highest BCUT2D eigenvalue weighted by Crippen LogP contribution is 2.24. The maximum atomic E-state index is 13.4. The molecule has 4 nitrogen and oxygen atoms in total. The van der Waals surface area contributed by atoms with Gasteiger partial charge in [-0.25, -0.2) is 4.39 Å². The third-order valence-electron chi connectivity index (χ3n) is 3.18. The van der Waals surface area contributed by atoms with Gasteiger partial charge in [0.05, 0.1) is 6.42 Å². The van der Waals surface area contributed by atoms with Crippen LogP contribution in [0.3, 0.4) is 0 Å². The van der Waals surface area contributed by atoms with Crippen molar-refractivity contribution in [3.05, 3.63) is 30.1 Å². The summed E-state index contributed by atoms with van der Waals surface area (Å²) in [4.78, 5) is 24.5. The van der Waals surface area contributed by atoms with Gasteiger partial charge in [0, 0.05) is 36.1 Å². The third kappa shape index (κ3) is 3.96. The molecule has 0 radical (unpaired) electrons. The van der Waals surface area contributed by atoms with E-state index < -0.39 is 5.97 Å². The second-order valence-corrected chi connectivity index (χ2v) is 5.93. The van der Waals surface area contributed by atoms with Gasteiger partial charge >= 0.3 is 5.97 Å². The molecule has 0 saturated carbocycles. The van der Waals surface area contributed by atoms with Crippen LogP contribution < -0.4 is 0 Å². The molecule has 1 aliphatic rings. The molecule has 0 aromatic heterocycles. The lowest BCUT2D eigenvalue weighted by Gasteiger charge is -2.38. The Kier molecular flexibility index (Phi) is 5.00. The van der Waals surface area contributed by atoms with Gasteiger partial charge < -0.3 is 10.0 Å². The fraction of sp³-hybridized carbons (Fsp3) is 0.429. The van der Waals surface area contributed by atoms with Gasteiger partial charge in [0.2, 0.25) is 5.91 Å².